The van der Waals surface area contributed by atoms with E-state index in [-0.39, 0.29) is 0 Å². The van der Waals surface area contributed by atoms with Gasteiger partial charge in [0, 0.05) is 19.9 Å². The number of aromatic amines is 1. The monoisotopic (exact) mass is 239 g/mol. The summed E-state index contributed by atoms with van der Waals surface area (Å²) in [5, 5.41) is 11.6. The predicted octanol–water partition coefficient (Wildman–Crippen LogP) is 1.13. The molecule has 0 unspecified atom stereocenters. The number of hydrogen-bond donors (Lipinski definition) is 2. The Morgan fingerprint density at radius 2 is 2.38 bits per heavy atom. The van der Waals surface area contributed by atoms with E-state index in [2.05, 4.69) is 25.5 Å². The molecule has 2 aromatic heterocycles. The number of rotatable bonds is 5. The molecule has 2 heterocycles. The maximum Gasteiger partial charge on any atom is 0.225 e. The van der Waals surface area contributed by atoms with E-state index in [1.165, 1.54) is 0 Å². The summed E-state index contributed by atoms with van der Waals surface area (Å²) in [4.78, 5) is 8.65. The van der Waals surface area contributed by atoms with Crippen LogP contribution in [0.2, 0.25) is 0 Å². The molecule has 0 bridgehead atoms. The van der Waals surface area contributed by atoms with E-state index in [9.17, 15) is 0 Å². The van der Waals surface area contributed by atoms with Crippen molar-refractivity contribution in [2.45, 2.75) is 5.03 Å². The number of H-pyrrole nitrogens is 1. The first-order valence-electron chi connectivity index (χ1n) is 4.85. The number of nitrogens with zero attached hydrogens (tertiary/aromatic N) is 3. The molecule has 2 aromatic rings. The molecular weight excluding hydrogens is 226 g/mol. The third-order valence-electron chi connectivity index (χ3n) is 2.02. The van der Waals surface area contributed by atoms with Gasteiger partial charge in [-0.15, -0.1) is 11.8 Å². The van der Waals surface area contributed by atoms with Gasteiger partial charge >= 0.3 is 0 Å². The summed E-state index contributed by atoms with van der Waals surface area (Å²) in [6.07, 6.45) is 1.74. The van der Waals surface area contributed by atoms with E-state index in [1.807, 2.05) is 0 Å². The first-order chi connectivity index (χ1) is 7.85. The number of nitrogens with one attached hydrogen (secondary N) is 2. The lowest BCUT2D eigenvalue weighted by Gasteiger charge is -2.04. The van der Waals surface area contributed by atoms with E-state index in [4.69, 9.17) is 4.74 Å². The zero-order valence-corrected chi connectivity index (χ0v) is 9.97. The Morgan fingerprint density at radius 1 is 1.50 bits per heavy atom. The van der Waals surface area contributed by atoms with Crippen LogP contribution in [0.25, 0.3) is 11.0 Å². The lowest BCUT2D eigenvalue weighted by molar-refractivity contribution is 0.218. The van der Waals surface area contributed by atoms with Crippen molar-refractivity contribution in [2.75, 3.05) is 31.8 Å². The average molecular weight is 239 g/mol. The molecule has 0 radical (unpaired) electrons. The summed E-state index contributed by atoms with van der Waals surface area (Å²) < 4.78 is 5.01. The predicted molar refractivity (Wildman–Crippen MR) is 63.8 cm³/mol. The van der Waals surface area contributed by atoms with Crippen LogP contribution in [-0.2, 0) is 4.74 Å². The summed E-state index contributed by atoms with van der Waals surface area (Å²) in [6.45, 7) is 0.697. The second-order valence-electron chi connectivity index (χ2n) is 3.08. The number of anilines is 1. The van der Waals surface area contributed by atoms with Crippen LogP contribution in [0.5, 0.6) is 0 Å². The van der Waals surface area contributed by atoms with E-state index in [0.29, 0.717) is 12.6 Å². The Morgan fingerprint density at radius 3 is 3.12 bits per heavy atom. The van der Waals surface area contributed by atoms with Gasteiger partial charge in [0.15, 0.2) is 5.65 Å². The molecule has 86 valence electrons. The normalized spacial score (nSPS) is 10.9. The molecule has 0 amide bonds. The van der Waals surface area contributed by atoms with Crippen LogP contribution in [0.4, 0.5) is 5.95 Å². The van der Waals surface area contributed by atoms with Crippen molar-refractivity contribution in [3.8, 4) is 0 Å². The van der Waals surface area contributed by atoms with E-state index in [0.717, 1.165) is 21.8 Å². The van der Waals surface area contributed by atoms with Crippen LogP contribution < -0.4 is 5.32 Å². The van der Waals surface area contributed by atoms with Crippen LogP contribution in [0.1, 0.15) is 0 Å². The first-order valence-corrected chi connectivity index (χ1v) is 5.84. The first kappa shape index (κ1) is 11.2. The van der Waals surface area contributed by atoms with Crippen LogP contribution in [0, 0.1) is 0 Å². The van der Waals surface area contributed by atoms with Gasteiger partial charge in [-0.1, -0.05) is 0 Å². The fourth-order valence-electron chi connectivity index (χ4n) is 1.25. The molecule has 0 aliphatic rings. The zero-order valence-electron chi connectivity index (χ0n) is 9.15. The van der Waals surface area contributed by atoms with Gasteiger partial charge in [-0.3, -0.25) is 5.10 Å². The van der Waals surface area contributed by atoms with Gasteiger partial charge in [-0.25, -0.2) is 4.98 Å². The molecule has 0 aromatic carbocycles. The van der Waals surface area contributed by atoms with Gasteiger partial charge < -0.3 is 10.1 Å². The highest BCUT2D eigenvalue weighted by Gasteiger charge is 2.08. The van der Waals surface area contributed by atoms with Crippen molar-refractivity contribution in [3.63, 3.8) is 0 Å². The highest BCUT2D eigenvalue weighted by atomic mass is 32.2. The van der Waals surface area contributed by atoms with Crippen molar-refractivity contribution in [3.05, 3.63) is 6.20 Å². The molecule has 0 saturated heterocycles. The lowest BCUT2D eigenvalue weighted by Crippen LogP contribution is -1.99. The smallest absolute Gasteiger partial charge is 0.225 e. The largest absolute Gasteiger partial charge is 0.384 e. The highest BCUT2D eigenvalue weighted by Crippen LogP contribution is 2.24. The van der Waals surface area contributed by atoms with Crippen LogP contribution in [-0.4, -0.2) is 46.7 Å². The molecule has 0 aliphatic heterocycles. The Hall–Kier alpha value is -1.34. The Balaban J connectivity index is 2.29. The van der Waals surface area contributed by atoms with E-state index >= 15 is 0 Å². The van der Waals surface area contributed by atoms with Crippen LogP contribution in [0.15, 0.2) is 11.2 Å². The fourth-order valence-corrected chi connectivity index (χ4v) is 2.15. The molecule has 16 heavy (non-hydrogen) atoms. The van der Waals surface area contributed by atoms with Gasteiger partial charge in [-0.05, 0) is 0 Å². The molecule has 0 atom stereocenters. The van der Waals surface area contributed by atoms with Crippen LogP contribution in [0.3, 0.4) is 0 Å². The molecule has 0 fully saturated rings. The van der Waals surface area contributed by atoms with Gasteiger partial charge in [0.05, 0.1) is 18.2 Å². The molecule has 0 saturated carbocycles. The van der Waals surface area contributed by atoms with Crippen molar-refractivity contribution < 1.29 is 4.74 Å². The Labute approximate surface area is 97.2 Å². The van der Waals surface area contributed by atoms with Gasteiger partial charge in [-0.2, -0.15) is 10.1 Å². The van der Waals surface area contributed by atoms with Crippen molar-refractivity contribution >= 4 is 28.7 Å². The molecule has 2 rings (SSSR count). The number of aromatic nitrogens is 4. The third kappa shape index (κ3) is 2.25. The summed E-state index contributed by atoms with van der Waals surface area (Å²) in [5.41, 5.74) is 0.749. The van der Waals surface area contributed by atoms with Crippen molar-refractivity contribution in [2.24, 2.45) is 0 Å². The maximum atomic E-state index is 5.01. The molecule has 0 aliphatic carbocycles. The number of methoxy groups -OCH3 is 1. The van der Waals surface area contributed by atoms with Crippen molar-refractivity contribution in [1.29, 1.82) is 0 Å². The molecule has 2 N–H and O–H groups in total. The van der Waals surface area contributed by atoms with E-state index in [1.54, 1.807) is 32.1 Å². The SMILES string of the molecule is CNc1nc(SCCOC)c2cn[nH]c2n1. The maximum absolute atomic E-state index is 5.01. The fraction of sp³-hybridized carbons (Fsp3) is 0.444. The number of ether oxygens (including phenoxy) is 1. The van der Waals surface area contributed by atoms with Crippen LogP contribution >= 0.6 is 11.8 Å². The summed E-state index contributed by atoms with van der Waals surface area (Å²) >= 11 is 1.63. The second kappa shape index (κ2) is 5.13. The van der Waals surface area contributed by atoms with Gasteiger partial charge in [0.25, 0.3) is 0 Å². The van der Waals surface area contributed by atoms with Crippen molar-refractivity contribution in [1.82, 2.24) is 20.2 Å². The zero-order chi connectivity index (χ0) is 11.4. The number of hydrogen-bond acceptors (Lipinski definition) is 6. The molecular formula is C9H13N5OS. The van der Waals surface area contributed by atoms with Gasteiger partial charge in [0.2, 0.25) is 5.95 Å². The minimum Gasteiger partial charge on any atom is -0.384 e. The minimum absolute atomic E-state index is 0.594. The Bertz CT molecular complexity index is 472. The summed E-state index contributed by atoms with van der Waals surface area (Å²) in [6, 6.07) is 0. The molecule has 7 heteroatoms. The van der Waals surface area contributed by atoms with Gasteiger partial charge in [0.1, 0.15) is 5.03 Å². The Kier molecular flexibility index (Phi) is 3.58. The topological polar surface area (TPSA) is 75.7 Å². The highest BCUT2D eigenvalue weighted by molar-refractivity contribution is 7.99. The second-order valence-corrected chi connectivity index (χ2v) is 4.16. The van der Waals surface area contributed by atoms with E-state index < -0.39 is 0 Å². The summed E-state index contributed by atoms with van der Waals surface area (Å²) in [7, 11) is 3.48. The average Bonchev–Trinajstić information content (AvgIpc) is 2.77. The molecule has 6 nitrogen and oxygen atoms in total. The molecule has 0 spiro atoms. The number of fused-ring (bicyclic) bond motifs is 1. The lowest BCUT2D eigenvalue weighted by atomic mass is 10.4. The standard InChI is InChI=1S/C9H13N5OS/c1-10-9-12-7-6(5-11-14-7)8(13-9)16-4-3-15-2/h5H,3-4H2,1-2H3,(H2,10,11,12,13,14). The number of thioether (sulfide) groups is 1. The minimum atomic E-state index is 0.594. The summed E-state index contributed by atoms with van der Waals surface area (Å²) in [5.74, 6) is 1.45. The quantitative estimate of drug-likeness (QED) is 0.463. The third-order valence-corrected chi connectivity index (χ3v) is 2.98.